The lowest BCUT2D eigenvalue weighted by Crippen LogP contribution is -2.38. The lowest BCUT2D eigenvalue weighted by Gasteiger charge is -2.24. The molecule has 1 aliphatic rings. The van der Waals surface area contributed by atoms with Gasteiger partial charge in [-0.3, -0.25) is 4.79 Å². The Bertz CT molecular complexity index is 577. The van der Waals surface area contributed by atoms with E-state index < -0.39 is 0 Å². The fourth-order valence-corrected chi connectivity index (χ4v) is 1.83. The fourth-order valence-electron chi connectivity index (χ4n) is 1.83. The number of H-pyrrole nitrogens is 1. The van der Waals surface area contributed by atoms with Gasteiger partial charge in [0.2, 0.25) is 0 Å². The molecule has 1 atom stereocenters. The molecule has 1 amide bonds. The summed E-state index contributed by atoms with van der Waals surface area (Å²) in [7, 11) is 1.61. The topological polar surface area (TPSA) is 91.9 Å². The number of hydrogen-bond donors (Lipinski definition) is 3. The van der Waals surface area contributed by atoms with Gasteiger partial charge in [0.15, 0.2) is 11.5 Å². The number of benzene rings is 1. The van der Waals surface area contributed by atoms with Crippen molar-refractivity contribution in [2.75, 3.05) is 12.4 Å². The Hall–Kier alpha value is -2.57. The highest BCUT2D eigenvalue weighted by molar-refractivity contribution is 5.98. The zero-order valence-electron chi connectivity index (χ0n) is 9.60. The van der Waals surface area contributed by atoms with Gasteiger partial charge >= 0.3 is 0 Å². The van der Waals surface area contributed by atoms with Crippen molar-refractivity contribution in [3.8, 4) is 5.75 Å². The first-order valence-corrected chi connectivity index (χ1v) is 5.40. The summed E-state index contributed by atoms with van der Waals surface area (Å²) < 4.78 is 5.09. The Kier molecular flexibility index (Phi) is 2.36. The van der Waals surface area contributed by atoms with Crippen LogP contribution in [0.15, 0.2) is 24.3 Å². The van der Waals surface area contributed by atoms with Crippen molar-refractivity contribution in [2.45, 2.75) is 6.17 Å². The molecule has 92 valence electrons. The first kappa shape index (κ1) is 10.6. The third-order valence-electron chi connectivity index (χ3n) is 2.77. The van der Waals surface area contributed by atoms with Crippen molar-refractivity contribution in [3.05, 3.63) is 35.5 Å². The smallest absolute Gasteiger partial charge is 0.277 e. The van der Waals surface area contributed by atoms with Crippen LogP contribution < -0.4 is 15.4 Å². The first-order chi connectivity index (χ1) is 8.78. The molecule has 2 heterocycles. The number of anilines is 1. The maximum absolute atomic E-state index is 11.8. The molecule has 0 fully saturated rings. The molecular weight excluding hydrogens is 234 g/mol. The van der Waals surface area contributed by atoms with Gasteiger partial charge in [-0.1, -0.05) is 12.1 Å². The van der Waals surface area contributed by atoms with Gasteiger partial charge in [0.1, 0.15) is 11.9 Å². The first-order valence-electron chi connectivity index (χ1n) is 5.40. The summed E-state index contributed by atoms with van der Waals surface area (Å²) in [6, 6.07) is 7.42. The second-order valence-electron chi connectivity index (χ2n) is 3.84. The van der Waals surface area contributed by atoms with Gasteiger partial charge in [-0.15, -0.1) is 10.2 Å². The molecule has 18 heavy (non-hydrogen) atoms. The average molecular weight is 245 g/mol. The quantitative estimate of drug-likeness (QED) is 0.723. The SMILES string of the molecule is COc1ccc(C2NC(=O)c3n[nH]nc3N2)cc1. The van der Waals surface area contributed by atoms with Crippen molar-refractivity contribution in [3.63, 3.8) is 0 Å². The highest BCUT2D eigenvalue weighted by Gasteiger charge is 2.27. The second kappa shape index (κ2) is 4.02. The van der Waals surface area contributed by atoms with E-state index in [1.165, 1.54) is 0 Å². The largest absolute Gasteiger partial charge is 0.497 e. The summed E-state index contributed by atoms with van der Waals surface area (Å²) >= 11 is 0. The average Bonchev–Trinajstić information content (AvgIpc) is 2.88. The molecule has 1 aliphatic heterocycles. The number of carbonyl (C=O) groups excluding carboxylic acids is 1. The van der Waals surface area contributed by atoms with Gasteiger partial charge < -0.3 is 15.4 Å². The summed E-state index contributed by atoms with van der Waals surface area (Å²) in [5.74, 6) is 0.973. The van der Waals surface area contributed by atoms with Crippen LogP contribution in [-0.4, -0.2) is 28.4 Å². The van der Waals surface area contributed by atoms with Crippen molar-refractivity contribution in [1.82, 2.24) is 20.7 Å². The van der Waals surface area contributed by atoms with Crippen LogP contribution in [0.1, 0.15) is 22.2 Å². The van der Waals surface area contributed by atoms with Crippen LogP contribution >= 0.6 is 0 Å². The van der Waals surface area contributed by atoms with E-state index in [0.29, 0.717) is 5.82 Å². The maximum atomic E-state index is 11.8. The van der Waals surface area contributed by atoms with Crippen molar-refractivity contribution in [2.24, 2.45) is 0 Å². The molecule has 0 bridgehead atoms. The Morgan fingerprint density at radius 1 is 1.17 bits per heavy atom. The highest BCUT2D eigenvalue weighted by atomic mass is 16.5. The van der Waals surface area contributed by atoms with E-state index in [1.807, 2.05) is 24.3 Å². The van der Waals surface area contributed by atoms with Gasteiger partial charge in [-0.05, 0) is 17.7 Å². The number of aromatic nitrogens is 3. The van der Waals surface area contributed by atoms with Crippen LogP contribution in [-0.2, 0) is 0 Å². The maximum Gasteiger partial charge on any atom is 0.277 e. The number of fused-ring (bicyclic) bond motifs is 1. The molecule has 1 aromatic carbocycles. The minimum absolute atomic E-state index is 0.252. The lowest BCUT2D eigenvalue weighted by molar-refractivity contribution is 0.0930. The number of carbonyl (C=O) groups is 1. The normalized spacial score (nSPS) is 17.6. The van der Waals surface area contributed by atoms with Gasteiger partial charge in [0.25, 0.3) is 5.91 Å². The number of hydrogen-bond acceptors (Lipinski definition) is 5. The highest BCUT2D eigenvalue weighted by Crippen LogP contribution is 2.24. The number of rotatable bonds is 2. The predicted octanol–water partition coefficient (Wildman–Crippen LogP) is 0.667. The number of amides is 1. The molecule has 0 radical (unpaired) electrons. The number of nitrogens with zero attached hydrogens (tertiary/aromatic N) is 2. The zero-order chi connectivity index (χ0) is 12.5. The van der Waals surface area contributed by atoms with E-state index in [0.717, 1.165) is 11.3 Å². The molecule has 2 aromatic rings. The summed E-state index contributed by atoms with van der Waals surface area (Å²) in [5.41, 5.74) is 1.19. The summed E-state index contributed by atoms with van der Waals surface area (Å²) in [5, 5.41) is 15.9. The van der Waals surface area contributed by atoms with E-state index in [9.17, 15) is 4.79 Å². The van der Waals surface area contributed by atoms with E-state index in [4.69, 9.17) is 4.74 Å². The molecule has 0 spiro atoms. The molecule has 3 rings (SSSR count). The van der Waals surface area contributed by atoms with Crippen LogP contribution in [0.2, 0.25) is 0 Å². The summed E-state index contributed by atoms with van der Waals surface area (Å²) in [6.45, 7) is 0. The zero-order valence-corrected chi connectivity index (χ0v) is 9.60. The fraction of sp³-hybridized carbons (Fsp3) is 0.182. The predicted molar refractivity (Wildman–Crippen MR) is 63.2 cm³/mol. The van der Waals surface area contributed by atoms with Gasteiger partial charge in [-0.25, -0.2) is 0 Å². The van der Waals surface area contributed by atoms with E-state index >= 15 is 0 Å². The number of nitrogens with one attached hydrogen (secondary N) is 3. The van der Waals surface area contributed by atoms with Crippen LogP contribution in [0.3, 0.4) is 0 Å². The van der Waals surface area contributed by atoms with Crippen molar-refractivity contribution < 1.29 is 9.53 Å². The van der Waals surface area contributed by atoms with E-state index in [1.54, 1.807) is 7.11 Å². The molecule has 3 N–H and O–H groups in total. The van der Waals surface area contributed by atoms with Crippen LogP contribution in [0, 0.1) is 0 Å². The standard InChI is InChI=1S/C11H11N5O2/c1-18-7-4-2-6(3-5-7)9-12-10-8(11(17)13-9)14-16-15-10/h2-5,9H,1H3,(H,13,17)(H2,12,14,15,16). The lowest BCUT2D eigenvalue weighted by atomic mass is 10.1. The summed E-state index contributed by atoms with van der Waals surface area (Å²) in [4.78, 5) is 11.8. The Balaban J connectivity index is 1.88. The molecule has 1 unspecified atom stereocenters. The molecule has 0 aliphatic carbocycles. The van der Waals surface area contributed by atoms with Crippen molar-refractivity contribution >= 4 is 11.7 Å². The molecular formula is C11H11N5O2. The monoisotopic (exact) mass is 245 g/mol. The van der Waals surface area contributed by atoms with Crippen LogP contribution in [0.4, 0.5) is 5.82 Å². The molecule has 0 saturated carbocycles. The van der Waals surface area contributed by atoms with Crippen LogP contribution in [0.25, 0.3) is 0 Å². The Labute approximate surface area is 103 Å². The van der Waals surface area contributed by atoms with Gasteiger partial charge in [0.05, 0.1) is 7.11 Å². The van der Waals surface area contributed by atoms with Crippen LogP contribution in [0.5, 0.6) is 5.75 Å². The second-order valence-corrected chi connectivity index (χ2v) is 3.84. The number of aromatic amines is 1. The molecule has 7 heteroatoms. The Morgan fingerprint density at radius 3 is 2.67 bits per heavy atom. The number of methoxy groups -OCH3 is 1. The van der Waals surface area contributed by atoms with Gasteiger partial charge in [0, 0.05) is 0 Å². The third kappa shape index (κ3) is 1.65. The Morgan fingerprint density at radius 2 is 1.94 bits per heavy atom. The minimum Gasteiger partial charge on any atom is -0.497 e. The third-order valence-corrected chi connectivity index (χ3v) is 2.77. The number of ether oxygens (including phenoxy) is 1. The van der Waals surface area contributed by atoms with E-state index in [-0.39, 0.29) is 17.8 Å². The van der Waals surface area contributed by atoms with Crippen molar-refractivity contribution in [1.29, 1.82) is 0 Å². The van der Waals surface area contributed by atoms with Gasteiger partial charge in [-0.2, -0.15) is 5.21 Å². The molecule has 0 saturated heterocycles. The summed E-state index contributed by atoms with van der Waals surface area (Å²) in [6.07, 6.45) is -0.319. The van der Waals surface area contributed by atoms with E-state index in [2.05, 4.69) is 26.0 Å². The molecule has 7 nitrogen and oxygen atoms in total. The molecule has 1 aromatic heterocycles. The minimum atomic E-state index is -0.319.